The lowest BCUT2D eigenvalue weighted by Gasteiger charge is -2.37. The zero-order valence-corrected chi connectivity index (χ0v) is 54.1. The third-order valence-electron chi connectivity index (χ3n) is 16.6. The molecule has 0 spiro atoms. The van der Waals surface area contributed by atoms with E-state index in [1.54, 1.807) is 34.6 Å². The van der Waals surface area contributed by atoms with Gasteiger partial charge < -0.3 is 46.1 Å². The highest BCUT2D eigenvalue weighted by Gasteiger charge is 2.45. The summed E-state index contributed by atoms with van der Waals surface area (Å²) in [6.45, 7) is 23.2. The number of carbonyl (C=O) groups is 5. The number of guanidine groups is 1. The van der Waals surface area contributed by atoms with Crippen LogP contribution in [0.2, 0.25) is 0 Å². The quantitative estimate of drug-likeness (QED) is 0.0130. The Hall–Kier alpha value is -6.87. The van der Waals surface area contributed by atoms with E-state index in [2.05, 4.69) is 81.1 Å². The van der Waals surface area contributed by atoms with Crippen molar-refractivity contribution in [1.29, 1.82) is 0 Å². The smallest absolute Gasteiger partial charge is 0.329 e. The number of ether oxygens (including phenoxy) is 3. The number of benzene rings is 4. The number of aliphatic imine (C=N–C) groups is 1. The van der Waals surface area contributed by atoms with Gasteiger partial charge in [-0.2, -0.15) is 0 Å². The standard InChI is InChI=1S/C67H95N9O10S/c1-43-32-34-49(35-33-43)67(47-24-15-13-16-25-47,48-26-17-14-18-27-48)71-39-20-19-28-52(72-58(77)51(68)42-84-64(5,6)7)60(79)76-41-23-31-55(76)61(80)75-40-22-30-54(75)59(78)73-53(62(81)86-65(8,9)10)29-21-38-70-63(69)74-87(82,83)57-45(3)44(2)56-50(46(57)4)36-37-66(11,12)85-56/h13-18,24-27,32-35,51-55,71H,19-23,28-31,36-42,68H2,1-12H3,(H,72,77)(H,73,78)(H3,69,70,74). The highest BCUT2D eigenvalue weighted by Crippen LogP contribution is 2.42. The summed E-state index contributed by atoms with van der Waals surface area (Å²) in [5.74, 6) is -2.24. The van der Waals surface area contributed by atoms with E-state index in [9.17, 15) is 32.4 Å². The first kappa shape index (κ1) is 67.6. The molecule has 4 aromatic carbocycles. The Labute approximate surface area is 515 Å². The topological polar surface area (TPSA) is 266 Å². The van der Waals surface area contributed by atoms with Gasteiger partial charge >= 0.3 is 5.97 Å². The second-order valence-electron chi connectivity index (χ2n) is 26.2. The minimum absolute atomic E-state index is 0.000584. The van der Waals surface area contributed by atoms with E-state index < -0.39 is 86.6 Å². The van der Waals surface area contributed by atoms with Crippen molar-refractivity contribution in [2.45, 2.75) is 211 Å². The first-order valence-corrected chi connectivity index (χ1v) is 32.3. The fraction of sp³-hybridized carbons (Fsp3) is 0.552. The zero-order chi connectivity index (χ0) is 63.6. The van der Waals surface area contributed by atoms with E-state index in [0.29, 0.717) is 68.4 Å². The molecule has 474 valence electrons. The highest BCUT2D eigenvalue weighted by molar-refractivity contribution is 7.90. The average molecular weight is 1220 g/mol. The summed E-state index contributed by atoms with van der Waals surface area (Å²) in [6, 6.07) is 24.0. The largest absolute Gasteiger partial charge is 0.487 e. The number of aryl methyl sites for hydroxylation is 1. The van der Waals surface area contributed by atoms with Crippen molar-refractivity contribution < 1.29 is 46.6 Å². The molecule has 0 saturated carbocycles. The molecule has 5 atom stereocenters. The molecule has 0 aromatic heterocycles. The number of hydrogen-bond acceptors (Lipinski definition) is 13. The Balaban J connectivity index is 1.03. The second kappa shape index (κ2) is 28.5. The number of carbonyl (C=O) groups excluding carboxylic acids is 5. The van der Waals surface area contributed by atoms with Crippen molar-refractivity contribution in [2.75, 3.05) is 32.8 Å². The number of hydrogen-bond donors (Lipinski definition) is 6. The molecule has 4 aromatic rings. The van der Waals surface area contributed by atoms with Crippen molar-refractivity contribution in [3.05, 3.63) is 129 Å². The van der Waals surface area contributed by atoms with Crippen LogP contribution in [0.25, 0.3) is 0 Å². The molecule has 2 saturated heterocycles. The molecule has 7 rings (SSSR count). The molecule has 4 amide bonds. The molecule has 3 aliphatic heterocycles. The third kappa shape index (κ3) is 17.1. The first-order valence-electron chi connectivity index (χ1n) is 30.8. The maximum atomic E-state index is 15.0. The molecule has 0 aliphatic carbocycles. The van der Waals surface area contributed by atoms with Crippen LogP contribution in [0.5, 0.6) is 5.75 Å². The van der Waals surface area contributed by atoms with E-state index in [4.69, 9.17) is 25.7 Å². The van der Waals surface area contributed by atoms with Gasteiger partial charge in [-0.05, 0) is 199 Å². The van der Waals surface area contributed by atoms with Gasteiger partial charge in [0.15, 0.2) is 0 Å². The van der Waals surface area contributed by atoms with Crippen LogP contribution in [0.1, 0.15) is 164 Å². The van der Waals surface area contributed by atoms with E-state index in [1.165, 1.54) is 9.80 Å². The number of esters is 1. The van der Waals surface area contributed by atoms with Gasteiger partial charge in [0, 0.05) is 19.6 Å². The van der Waals surface area contributed by atoms with Crippen molar-refractivity contribution in [3.63, 3.8) is 0 Å². The van der Waals surface area contributed by atoms with Crippen molar-refractivity contribution in [3.8, 4) is 5.75 Å². The predicted octanol–water partition coefficient (Wildman–Crippen LogP) is 7.58. The Bertz CT molecular complexity index is 3180. The van der Waals surface area contributed by atoms with Gasteiger partial charge in [0.1, 0.15) is 47.2 Å². The Morgan fingerprint density at radius 3 is 1.93 bits per heavy atom. The normalized spacial score (nSPS) is 18.2. The molecular formula is C67H95N9O10S. The maximum absolute atomic E-state index is 15.0. The lowest BCUT2D eigenvalue weighted by molar-refractivity contribution is -0.159. The van der Waals surface area contributed by atoms with Gasteiger partial charge in [0.2, 0.25) is 29.6 Å². The van der Waals surface area contributed by atoms with Gasteiger partial charge in [0.25, 0.3) is 10.0 Å². The molecule has 20 heteroatoms. The number of nitrogens with two attached hydrogens (primary N) is 2. The highest BCUT2D eigenvalue weighted by atomic mass is 32.2. The van der Waals surface area contributed by atoms with Crippen LogP contribution < -0.4 is 36.9 Å². The molecule has 8 N–H and O–H groups in total. The van der Waals surface area contributed by atoms with Crippen LogP contribution in [0, 0.1) is 27.7 Å². The summed E-state index contributed by atoms with van der Waals surface area (Å²) < 4.78 is 48.2. The number of unbranched alkanes of at least 4 members (excludes halogenated alkanes) is 1. The second-order valence-corrected chi connectivity index (χ2v) is 27.8. The zero-order valence-electron chi connectivity index (χ0n) is 53.3. The molecule has 3 heterocycles. The van der Waals surface area contributed by atoms with E-state index in [-0.39, 0.29) is 62.0 Å². The van der Waals surface area contributed by atoms with Crippen LogP contribution in [0.4, 0.5) is 0 Å². The van der Waals surface area contributed by atoms with Gasteiger partial charge in [-0.3, -0.25) is 29.5 Å². The summed E-state index contributed by atoms with van der Waals surface area (Å²) >= 11 is 0. The minimum Gasteiger partial charge on any atom is -0.487 e. The third-order valence-corrected chi connectivity index (χ3v) is 18.3. The summed E-state index contributed by atoms with van der Waals surface area (Å²) in [5.41, 5.74) is 17.1. The number of fused-ring (bicyclic) bond motifs is 1. The molecule has 0 bridgehead atoms. The molecule has 0 radical (unpaired) electrons. The van der Waals surface area contributed by atoms with Gasteiger partial charge in [0.05, 0.1) is 22.6 Å². The molecule has 2 fully saturated rings. The number of nitrogens with zero attached hydrogens (tertiary/aromatic N) is 3. The molecule has 87 heavy (non-hydrogen) atoms. The Morgan fingerprint density at radius 1 is 0.736 bits per heavy atom. The minimum atomic E-state index is -4.17. The van der Waals surface area contributed by atoms with Gasteiger partial charge in [-0.25, -0.2) is 17.9 Å². The molecule has 3 aliphatic rings. The van der Waals surface area contributed by atoms with Crippen molar-refractivity contribution in [1.82, 2.24) is 30.5 Å². The number of likely N-dealkylation sites (tertiary alicyclic amines) is 2. The van der Waals surface area contributed by atoms with Gasteiger partial charge in [-0.15, -0.1) is 0 Å². The Kier molecular flexibility index (Phi) is 22.2. The lowest BCUT2D eigenvalue weighted by Crippen LogP contribution is -2.58. The van der Waals surface area contributed by atoms with Crippen molar-refractivity contribution in [2.24, 2.45) is 16.5 Å². The number of rotatable bonds is 24. The van der Waals surface area contributed by atoms with Crippen molar-refractivity contribution >= 4 is 45.6 Å². The number of amides is 4. The summed E-state index contributed by atoms with van der Waals surface area (Å²) in [6.07, 6.45) is 4.71. The Morgan fingerprint density at radius 2 is 1.32 bits per heavy atom. The lowest BCUT2D eigenvalue weighted by atomic mass is 9.76. The predicted molar refractivity (Wildman–Crippen MR) is 338 cm³/mol. The van der Waals surface area contributed by atoms with Crippen LogP contribution in [-0.4, -0.2) is 134 Å². The number of nitrogens with one attached hydrogen (secondary N) is 4. The molecule has 5 unspecified atom stereocenters. The molecule has 19 nitrogen and oxygen atoms in total. The maximum Gasteiger partial charge on any atom is 0.329 e. The van der Waals surface area contributed by atoms with Gasteiger partial charge in [-0.1, -0.05) is 90.5 Å². The van der Waals surface area contributed by atoms with E-state index in [1.807, 2.05) is 77.9 Å². The summed E-state index contributed by atoms with van der Waals surface area (Å²) in [7, 11) is -4.17. The van der Waals surface area contributed by atoms with Crippen LogP contribution in [-0.2, 0) is 55.4 Å². The summed E-state index contributed by atoms with van der Waals surface area (Å²) in [4.78, 5) is 79.3. The van der Waals surface area contributed by atoms with Crippen LogP contribution >= 0.6 is 0 Å². The summed E-state index contributed by atoms with van der Waals surface area (Å²) in [5, 5.41) is 9.73. The van der Waals surface area contributed by atoms with Crippen LogP contribution in [0.3, 0.4) is 0 Å². The van der Waals surface area contributed by atoms with Crippen LogP contribution in [0.15, 0.2) is 94.8 Å². The fourth-order valence-corrected chi connectivity index (χ4v) is 13.6. The monoisotopic (exact) mass is 1220 g/mol. The SMILES string of the molecule is Cc1ccc(C(NCCCCC(NC(=O)C(N)COC(C)(C)C)C(=O)N2CCCC2C(=O)N2CCCC2C(=O)NC(CCCN=C(N)NS(=O)(=O)c2c(C)c(C)c3c(c2C)CCC(C)(C)O3)C(=O)OC(C)(C)C)(c2ccccc2)c2ccccc2)cc1. The average Bonchev–Trinajstić information content (AvgIpc) is 1.46. The van der Waals surface area contributed by atoms with E-state index in [0.717, 1.165) is 39.8 Å². The fourth-order valence-electron chi connectivity index (χ4n) is 12.0. The first-order chi connectivity index (χ1) is 40.9. The number of sulfonamides is 1. The molecular weight excluding hydrogens is 1120 g/mol. The van der Waals surface area contributed by atoms with E-state index >= 15 is 0 Å².